The Morgan fingerprint density at radius 1 is 0.963 bits per heavy atom. The number of halogens is 1. The van der Waals surface area contributed by atoms with Crippen molar-refractivity contribution in [2.24, 2.45) is 5.92 Å². The molecule has 1 fully saturated rings. The number of esters is 3. The Kier molecular flexibility index (Phi) is 5.46. The van der Waals surface area contributed by atoms with E-state index in [4.69, 9.17) is 16.3 Å². The Morgan fingerprint density at radius 2 is 1.56 bits per heavy atom. The molecule has 0 aromatic heterocycles. The number of rotatable bonds is 5. The molecule has 0 spiro atoms. The summed E-state index contributed by atoms with van der Waals surface area (Å²) in [4.78, 5) is 36.1. The first-order valence-electron chi connectivity index (χ1n) is 8.22. The van der Waals surface area contributed by atoms with Gasteiger partial charge in [0.1, 0.15) is 5.75 Å². The molecule has 2 unspecified atom stereocenters. The van der Waals surface area contributed by atoms with Crippen molar-refractivity contribution in [2.75, 3.05) is 14.2 Å². The van der Waals surface area contributed by atoms with Gasteiger partial charge in [0, 0.05) is 5.02 Å². The molecule has 0 radical (unpaired) electrons. The van der Waals surface area contributed by atoms with Crippen molar-refractivity contribution in [1.82, 2.24) is 0 Å². The maximum atomic E-state index is 12.5. The van der Waals surface area contributed by atoms with Gasteiger partial charge in [-0.3, -0.25) is 4.79 Å². The van der Waals surface area contributed by atoms with Crippen LogP contribution in [0.2, 0.25) is 5.02 Å². The third-order valence-corrected chi connectivity index (χ3v) is 4.71. The van der Waals surface area contributed by atoms with Crippen LogP contribution in [0.5, 0.6) is 5.75 Å². The van der Waals surface area contributed by atoms with Crippen molar-refractivity contribution < 1.29 is 28.6 Å². The molecule has 0 N–H and O–H groups in total. The zero-order valence-corrected chi connectivity index (χ0v) is 15.5. The second-order valence-electron chi connectivity index (χ2n) is 6.12. The lowest BCUT2D eigenvalue weighted by Gasteiger charge is -2.09. The van der Waals surface area contributed by atoms with Crippen LogP contribution in [0.1, 0.15) is 38.6 Å². The molecule has 2 aromatic rings. The summed E-state index contributed by atoms with van der Waals surface area (Å²) in [7, 11) is 2.44. The van der Waals surface area contributed by atoms with E-state index in [9.17, 15) is 14.4 Å². The minimum atomic E-state index is -0.654. The van der Waals surface area contributed by atoms with E-state index in [-0.39, 0.29) is 28.7 Å². The Hall–Kier alpha value is -2.86. The minimum Gasteiger partial charge on any atom is -0.465 e. The number of benzene rings is 2. The fourth-order valence-corrected chi connectivity index (χ4v) is 3.17. The molecular formula is C20H17ClO6. The first-order chi connectivity index (χ1) is 12.9. The molecule has 140 valence electrons. The number of methoxy groups -OCH3 is 2. The Balaban J connectivity index is 1.79. The fraction of sp³-hybridized carbons (Fsp3) is 0.250. The van der Waals surface area contributed by atoms with Crippen LogP contribution in [-0.4, -0.2) is 32.1 Å². The van der Waals surface area contributed by atoms with Gasteiger partial charge in [0.2, 0.25) is 0 Å². The first kappa shape index (κ1) is 18.9. The van der Waals surface area contributed by atoms with Crippen LogP contribution in [0.15, 0.2) is 42.5 Å². The highest BCUT2D eigenvalue weighted by Gasteiger charge is 2.46. The molecule has 2 atom stereocenters. The molecule has 0 heterocycles. The van der Waals surface area contributed by atoms with E-state index < -0.39 is 17.9 Å². The second kappa shape index (κ2) is 7.80. The summed E-state index contributed by atoms with van der Waals surface area (Å²) in [5.74, 6) is -2.01. The van der Waals surface area contributed by atoms with Crippen LogP contribution in [-0.2, 0) is 14.3 Å². The maximum Gasteiger partial charge on any atom is 0.338 e. The van der Waals surface area contributed by atoms with Gasteiger partial charge in [-0.1, -0.05) is 29.8 Å². The maximum absolute atomic E-state index is 12.5. The highest BCUT2D eigenvalue weighted by Crippen LogP contribution is 2.50. The van der Waals surface area contributed by atoms with Crippen LogP contribution in [0.4, 0.5) is 0 Å². The molecule has 2 aromatic carbocycles. The van der Waals surface area contributed by atoms with Crippen LogP contribution in [0, 0.1) is 5.92 Å². The smallest absolute Gasteiger partial charge is 0.338 e. The van der Waals surface area contributed by atoms with E-state index >= 15 is 0 Å². The molecule has 1 aliphatic rings. The highest BCUT2D eigenvalue weighted by molar-refractivity contribution is 6.31. The lowest BCUT2D eigenvalue weighted by atomic mass is 10.1. The Labute approximate surface area is 161 Å². The predicted octanol–water partition coefficient (Wildman–Crippen LogP) is 3.62. The summed E-state index contributed by atoms with van der Waals surface area (Å²) in [6.07, 6.45) is 0.628. The van der Waals surface area contributed by atoms with E-state index in [1.54, 1.807) is 6.07 Å². The van der Waals surface area contributed by atoms with Crippen molar-refractivity contribution in [3.8, 4) is 5.75 Å². The first-order valence-corrected chi connectivity index (χ1v) is 8.60. The SMILES string of the molecule is COC(=O)c1cc(OC(=O)C2CC2c2ccccc2Cl)cc(C(=O)OC)c1. The molecule has 27 heavy (non-hydrogen) atoms. The van der Waals surface area contributed by atoms with Crippen molar-refractivity contribution in [3.05, 3.63) is 64.2 Å². The molecule has 0 amide bonds. The second-order valence-corrected chi connectivity index (χ2v) is 6.53. The van der Waals surface area contributed by atoms with Crippen LogP contribution in [0.3, 0.4) is 0 Å². The van der Waals surface area contributed by atoms with E-state index in [1.807, 2.05) is 18.2 Å². The van der Waals surface area contributed by atoms with Crippen molar-refractivity contribution in [3.63, 3.8) is 0 Å². The molecule has 0 aliphatic heterocycles. The molecule has 3 rings (SSSR count). The topological polar surface area (TPSA) is 78.9 Å². The van der Waals surface area contributed by atoms with Gasteiger partial charge in [0.25, 0.3) is 0 Å². The summed E-state index contributed by atoms with van der Waals surface area (Å²) < 4.78 is 14.7. The van der Waals surface area contributed by atoms with Crippen LogP contribution in [0.25, 0.3) is 0 Å². The Bertz CT molecular complexity index is 873. The van der Waals surface area contributed by atoms with Gasteiger partial charge in [-0.05, 0) is 42.2 Å². The van der Waals surface area contributed by atoms with Gasteiger partial charge in [-0.15, -0.1) is 0 Å². The quantitative estimate of drug-likeness (QED) is 0.575. The van der Waals surface area contributed by atoms with Crippen molar-refractivity contribution in [1.29, 1.82) is 0 Å². The largest absolute Gasteiger partial charge is 0.465 e. The van der Waals surface area contributed by atoms with Crippen molar-refractivity contribution >= 4 is 29.5 Å². The molecule has 1 aliphatic carbocycles. The zero-order chi connectivity index (χ0) is 19.6. The number of hydrogen-bond donors (Lipinski definition) is 0. The van der Waals surface area contributed by atoms with Gasteiger partial charge >= 0.3 is 17.9 Å². The number of carbonyl (C=O) groups excluding carboxylic acids is 3. The molecule has 0 saturated heterocycles. The van der Waals surface area contributed by atoms with E-state index in [2.05, 4.69) is 9.47 Å². The lowest BCUT2D eigenvalue weighted by Crippen LogP contribution is -2.13. The summed E-state index contributed by atoms with van der Waals surface area (Å²) in [5, 5.41) is 0.610. The zero-order valence-electron chi connectivity index (χ0n) is 14.7. The number of carbonyl (C=O) groups is 3. The van der Waals surface area contributed by atoms with Crippen LogP contribution >= 0.6 is 11.6 Å². The third-order valence-electron chi connectivity index (χ3n) is 4.37. The summed E-state index contributed by atoms with van der Waals surface area (Å²) in [5.41, 5.74) is 1.07. The summed E-state index contributed by atoms with van der Waals surface area (Å²) in [6.45, 7) is 0. The molecule has 6 nitrogen and oxygen atoms in total. The van der Waals surface area contributed by atoms with E-state index in [0.717, 1.165) is 5.56 Å². The molecule has 1 saturated carbocycles. The lowest BCUT2D eigenvalue weighted by molar-refractivity contribution is -0.135. The van der Waals surface area contributed by atoms with Gasteiger partial charge in [-0.2, -0.15) is 0 Å². The van der Waals surface area contributed by atoms with Crippen molar-refractivity contribution in [2.45, 2.75) is 12.3 Å². The summed E-state index contributed by atoms with van der Waals surface area (Å²) in [6, 6.07) is 11.4. The number of ether oxygens (including phenoxy) is 3. The fourth-order valence-electron chi connectivity index (χ4n) is 2.90. The van der Waals surface area contributed by atoms with Crippen LogP contribution < -0.4 is 4.74 Å². The molecule has 7 heteroatoms. The Morgan fingerprint density at radius 3 is 2.11 bits per heavy atom. The predicted molar refractivity (Wildman–Crippen MR) is 97.1 cm³/mol. The van der Waals surface area contributed by atoms with Gasteiger partial charge in [-0.25, -0.2) is 9.59 Å². The van der Waals surface area contributed by atoms with E-state index in [0.29, 0.717) is 11.4 Å². The van der Waals surface area contributed by atoms with Gasteiger partial charge in [0.05, 0.1) is 31.3 Å². The minimum absolute atomic E-state index is 0.00457. The van der Waals surface area contributed by atoms with Gasteiger partial charge in [0.15, 0.2) is 0 Å². The molecular weight excluding hydrogens is 372 g/mol. The molecule has 0 bridgehead atoms. The summed E-state index contributed by atoms with van der Waals surface area (Å²) >= 11 is 6.18. The van der Waals surface area contributed by atoms with Gasteiger partial charge < -0.3 is 14.2 Å². The number of hydrogen-bond acceptors (Lipinski definition) is 6. The standard InChI is InChI=1S/C20H17ClO6/c1-25-18(22)11-7-12(19(23)26-2)9-13(8-11)27-20(24)16-10-15(16)14-5-3-4-6-17(14)21/h3-9,15-16H,10H2,1-2H3. The monoisotopic (exact) mass is 388 g/mol. The van der Waals surface area contributed by atoms with E-state index in [1.165, 1.54) is 32.4 Å². The normalized spacial score (nSPS) is 17.7. The average Bonchev–Trinajstić information content (AvgIpc) is 3.47. The highest BCUT2D eigenvalue weighted by atomic mass is 35.5. The third kappa shape index (κ3) is 4.11. The average molecular weight is 389 g/mol.